The summed E-state index contributed by atoms with van der Waals surface area (Å²) in [5.74, 6) is 0.519. The summed E-state index contributed by atoms with van der Waals surface area (Å²) in [6.45, 7) is 6.18. The number of aliphatic imine (C=N–C) groups is 1. The molecule has 0 saturated carbocycles. The van der Waals surface area contributed by atoms with Crippen molar-refractivity contribution in [3.8, 4) is 0 Å². The second-order valence-corrected chi connectivity index (χ2v) is 2.82. The molecular weight excluding hydrogens is 138 g/mol. The molecule has 0 heterocycles. The summed E-state index contributed by atoms with van der Waals surface area (Å²) in [5.41, 5.74) is 0. The predicted molar refractivity (Wildman–Crippen MR) is 46.2 cm³/mol. The van der Waals surface area contributed by atoms with E-state index in [2.05, 4.69) is 24.9 Å². The molecule has 0 aliphatic carbocycles. The highest BCUT2D eigenvalue weighted by Gasteiger charge is 1.96. The van der Waals surface area contributed by atoms with E-state index in [9.17, 15) is 4.79 Å². The van der Waals surface area contributed by atoms with Crippen LogP contribution in [0.4, 0.5) is 0 Å². The van der Waals surface area contributed by atoms with Crippen LogP contribution in [0.15, 0.2) is 17.1 Å². The Labute approximate surface area is 68.0 Å². The van der Waals surface area contributed by atoms with Crippen molar-refractivity contribution in [3.63, 3.8) is 0 Å². The lowest BCUT2D eigenvalue weighted by molar-refractivity contribution is 0.559. The molecule has 0 saturated heterocycles. The zero-order valence-electron chi connectivity index (χ0n) is 7.37. The number of nitrogens with zero attached hydrogens (tertiary/aromatic N) is 1. The third-order valence-corrected chi connectivity index (χ3v) is 1.35. The van der Waals surface area contributed by atoms with E-state index in [1.165, 1.54) is 0 Å². The number of carbonyl (C=O) groups excluding carboxylic acids is 1. The average molecular weight is 153 g/mol. The van der Waals surface area contributed by atoms with Crippen molar-refractivity contribution < 1.29 is 4.79 Å². The summed E-state index contributed by atoms with van der Waals surface area (Å²) in [6.07, 6.45) is 6.43. The summed E-state index contributed by atoms with van der Waals surface area (Å²) in [7, 11) is 0. The fourth-order valence-electron chi connectivity index (χ4n) is 0.689. The van der Waals surface area contributed by atoms with Gasteiger partial charge in [0.05, 0.1) is 6.04 Å². The largest absolute Gasteiger partial charge is 0.235 e. The third kappa shape index (κ3) is 5.56. The van der Waals surface area contributed by atoms with Crippen LogP contribution in [0.3, 0.4) is 0 Å². The molecule has 0 aliphatic heterocycles. The molecular formula is C9H15NO. The zero-order chi connectivity index (χ0) is 8.69. The van der Waals surface area contributed by atoms with Crippen LogP contribution in [0.5, 0.6) is 0 Å². The Hall–Kier alpha value is -0.880. The molecule has 0 aromatic carbocycles. The fourth-order valence-corrected chi connectivity index (χ4v) is 0.689. The molecule has 62 valence electrons. The second-order valence-electron chi connectivity index (χ2n) is 2.82. The van der Waals surface area contributed by atoms with E-state index in [0.29, 0.717) is 5.92 Å². The number of hydrogen-bond donors (Lipinski definition) is 0. The fraction of sp³-hybridized carbons (Fsp3) is 0.667. The van der Waals surface area contributed by atoms with Gasteiger partial charge in [0.15, 0.2) is 0 Å². The second kappa shape index (κ2) is 5.87. The van der Waals surface area contributed by atoms with E-state index < -0.39 is 0 Å². The van der Waals surface area contributed by atoms with Crippen molar-refractivity contribution >= 4 is 6.08 Å². The van der Waals surface area contributed by atoms with Gasteiger partial charge in [-0.25, -0.2) is 4.79 Å². The standard InChI is InChI=1S/C9H15NO/c1-4-9(10-7-11)6-5-8(2)3/h5-6,8-9H,4H2,1-3H3/b6-5-. The normalized spacial score (nSPS) is 13.5. The molecule has 1 atom stereocenters. The molecule has 0 rings (SSSR count). The van der Waals surface area contributed by atoms with Crippen molar-refractivity contribution in [2.75, 3.05) is 0 Å². The Morgan fingerprint density at radius 2 is 2.09 bits per heavy atom. The van der Waals surface area contributed by atoms with E-state index in [-0.39, 0.29) is 6.04 Å². The maximum Gasteiger partial charge on any atom is 0.235 e. The summed E-state index contributed by atoms with van der Waals surface area (Å²) < 4.78 is 0. The first kappa shape index (κ1) is 10.1. The van der Waals surface area contributed by atoms with Gasteiger partial charge < -0.3 is 0 Å². The molecule has 0 aromatic rings. The van der Waals surface area contributed by atoms with Crippen molar-refractivity contribution in [1.29, 1.82) is 0 Å². The molecule has 1 unspecified atom stereocenters. The minimum atomic E-state index is 0.0231. The topological polar surface area (TPSA) is 29.4 Å². The van der Waals surface area contributed by atoms with Gasteiger partial charge in [-0.1, -0.05) is 32.9 Å². The predicted octanol–water partition coefficient (Wildman–Crippen LogP) is 2.31. The minimum absolute atomic E-state index is 0.0231. The smallest absolute Gasteiger partial charge is 0.211 e. The van der Waals surface area contributed by atoms with E-state index in [0.717, 1.165) is 6.42 Å². The van der Waals surface area contributed by atoms with E-state index in [1.54, 1.807) is 6.08 Å². The maximum atomic E-state index is 9.89. The van der Waals surface area contributed by atoms with Gasteiger partial charge in [0.2, 0.25) is 6.08 Å². The zero-order valence-corrected chi connectivity index (χ0v) is 7.37. The molecule has 0 bridgehead atoms. The highest BCUT2D eigenvalue weighted by atomic mass is 16.1. The lowest BCUT2D eigenvalue weighted by Crippen LogP contribution is -1.97. The molecule has 0 aromatic heterocycles. The first-order chi connectivity index (χ1) is 5.20. The molecule has 11 heavy (non-hydrogen) atoms. The van der Waals surface area contributed by atoms with Crippen LogP contribution in [-0.2, 0) is 4.79 Å². The van der Waals surface area contributed by atoms with E-state index in [1.807, 2.05) is 13.0 Å². The first-order valence-corrected chi connectivity index (χ1v) is 3.96. The minimum Gasteiger partial charge on any atom is -0.211 e. The van der Waals surface area contributed by atoms with E-state index in [4.69, 9.17) is 0 Å². The van der Waals surface area contributed by atoms with Gasteiger partial charge in [-0.2, -0.15) is 4.99 Å². The molecule has 0 radical (unpaired) electrons. The molecule has 2 nitrogen and oxygen atoms in total. The van der Waals surface area contributed by atoms with Crippen LogP contribution < -0.4 is 0 Å². The Morgan fingerprint density at radius 3 is 2.45 bits per heavy atom. The highest BCUT2D eigenvalue weighted by molar-refractivity contribution is 5.34. The summed E-state index contributed by atoms with van der Waals surface area (Å²) >= 11 is 0. The number of isocyanates is 1. The van der Waals surface area contributed by atoms with Gasteiger partial charge in [0.1, 0.15) is 0 Å². The molecule has 0 fully saturated rings. The quantitative estimate of drug-likeness (QED) is 0.346. The van der Waals surface area contributed by atoms with Crippen molar-refractivity contribution in [2.24, 2.45) is 10.9 Å². The monoisotopic (exact) mass is 153 g/mol. The van der Waals surface area contributed by atoms with Crippen LogP contribution in [0.2, 0.25) is 0 Å². The maximum absolute atomic E-state index is 9.89. The molecule has 2 heteroatoms. The van der Waals surface area contributed by atoms with Crippen molar-refractivity contribution in [1.82, 2.24) is 0 Å². The lowest BCUT2D eigenvalue weighted by atomic mass is 10.1. The van der Waals surface area contributed by atoms with Gasteiger partial charge in [0.25, 0.3) is 0 Å². The van der Waals surface area contributed by atoms with Crippen LogP contribution in [-0.4, -0.2) is 12.1 Å². The number of allylic oxidation sites excluding steroid dienone is 1. The summed E-state index contributed by atoms with van der Waals surface area (Å²) in [5, 5.41) is 0. The SMILES string of the molecule is CCC(/C=C\C(C)C)N=C=O. The van der Waals surface area contributed by atoms with Crippen molar-refractivity contribution in [2.45, 2.75) is 33.2 Å². The van der Waals surface area contributed by atoms with Crippen molar-refractivity contribution in [3.05, 3.63) is 12.2 Å². The third-order valence-electron chi connectivity index (χ3n) is 1.35. The van der Waals surface area contributed by atoms with Crippen LogP contribution in [0, 0.1) is 5.92 Å². The Bertz CT molecular complexity index is 166. The Balaban J connectivity index is 3.96. The van der Waals surface area contributed by atoms with Gasteiger partial charge in [-0.05, 0) is 12.3 Å². The van der Waals surface area contributed by atoms with Gasteiger partial charge in [-0.3, -0.25) is 0 Å². The van der Waals surface area contributed by atoms with E-state index >= 15 is 0 Å². The van der Waals surface area contributed by atoms with Crippen LogP contribution >= 0.6 is 0 Å². The molecule has 0 spiro atoms. The first-order valence-electron chi connectivity index (χ1n) is 3.96. The summed E-state index contributed by atoms with van der Waals surface area (Å²) in [6, 6.07) is 0.0231. The molecule has 0 aliphatic rings. The molecule has 0 amide bonds. The summed E-state index contributed by atoms with van der Waals surface area (Å²) in [4.78, 5) is 13.5. The van der Waals surface area contributed by atoms with Gasteiger partial charge in [-0.15, -0.1) is 0 Å². The average Bonchev–Trinajstić information content (AvgIpc) is 1.97. The number of rotatable bonds is 4. The lowest BCUT2D eigenvalue weighted by Gasteiger charge is -2.00. The Kier molecular flexibility index (Phi) is 5.40. The highest BCUT2D eigenvalue weighted by Crippen LogP contribution is 2.01. The Morgan fingerprint density at radius 1 is 1.45 bits per heavy atom. The van der Waals surface area contributed by atoms with Gasteiger partial charge >= 0.3 is 0 Å². The molecule has 0 N–H and O–H groups in total. The number of hydrogen-bond acceptors (Lipinski definition) is 2. The van der Waals surface area contributed by atoms with Crippen LogP contribution in [0.1, 0.15) is 27.2 Å². The van der Waals surface area contributed by atoms with Gasteiger partial charge in [0, 0.05) is 0 Å². The van der Waals surface area contributed by atoms with Crippen LogP contribution in [0.25, 0.3) is 0 Å².